The van der Waals surface area contributed by atoms with Crippen molar-refractivity contribution < 1.29 is 57.4 Å². The zero-order chi connectivity index (χ0) is 33.4. The molecule has 45 heavy (non-hydrogen) atoms. The monoisotopic (exact) mass is 752 g/mol. The van der Waals surface area contributed by atoms with Gasteiger partial charge < -0.3 is 18.9 Å². The molecule has 0 atom stereocenters. The number of methoxy groups -OCH3 is 2. The number of carbonyl (C=O) groups excluding carboxylic acids is 1. The minimum Gasteiger partial charge on any atom is -0.385 e. The second kappa shape index (κ2) is 13.6. The maximum Gasteiger partial charge on any atom is 0.253 e. The van der Waals surface area contributed by atoms with Crippen molar-refractivity contribution >= 4 is 68.5 Å². The third-order valence-electron chi connectivity index (χ3n) is 6.74. The first-order valence-corrected chi connectivity index (χ1v) is 20.6. The molecule has 5 heterocycles. The van der Waals surface area contributed by atoms with Gasteiger partial charge in [0.25, 0.3) is 20.0 Å². The molecule has 0 bridgehead atoms. The number of fused-ring (bicyclic) bond motifs is 3. The Balaban J connectivity index is 0.000000207. The summed E-state index contributed by atoms with van der Waals surface area (Å²) in [7, 11) is -12.8. The number of nitrogens with two attached hydrogens (primary N) is 2. The maximum atomic E-state index is 12.8. The second-order valence-corrected chi connectivity index (χ2v) is 19.8. The number of rotatable bonds is 10. The van der Waals surface area contributed by atoms with Gasteiger partial charge in [-0.25, -0.2) is 43.9 Å². The molecule has 23 heteroatoms. The molecule has 17 nitrogen and oxygen atoms in total. The molecule has 0 aliphatic carbocycles. The highest BCUT2D eigenvalue weighted by atomic mass is 32.3. The molecule has 0 radical (unpaired) electrons. The Morgan fingerprint density at radius 1 is 0.844 bits per heavy atom. The van der Waals surface area contributed by atoms with Crippen LogP contribution in [0.15, 0.2) is 29.0 Å². The molecule has 1 spiro atoms. The second-order valence-electron chi connectivity index (χ2n) is 9.87. The van der Waals surface area contributed by atoms with E-state index < -0.39 is 51.7 Å². The van der Waals surface area contributed by atoms with Crippen molar-refractivity contribution in [3.63, 3.8) is 0 Å². The van der Waals surface area contributed by atoms with Crippen molar-refractivity contribution in [1.82, 2.24) is 8.61 Å². The molecule has 0 aromatic carbocycles. The van der Waals surface area contributed by atoms with Crippen LogP contribution in [0.1, 0.15) is 28.8 Å². The molecule has 3 aliphatic heterocycles. The summed E-state index contributed by atoms with van der Waals surface area (Å²) in [5.74, 6) is -1.73. The van der Waals surface area contributed by atoms with E-state index in [-0.39, 0.29) is 54.1 Å². The van der Waals surface area contributed by atoms with E-state index >= 15 is 0 Å². The first-order chi connectivity index (χ1) is 20.9. The Bertz CT molecular complexity index is 1860. The van der Waals surface area contributed by atoms with Crippen LogP contribution in [0.5, 0.6) is 0 Å². The first-order valence-electron chi connectivity index (χ1n) is 13.0. The van der Waals surface area contributed by atoms with Crippen LogP contribution in [0.2, 0.25) is 0 Å². The number of sulfonamides is 4. The predicted molar refractivity (Wildman–Crippen MR) is 160 cm³/mol. The highest BCUT2D eigenvalue weighted by Gasteiger charge is 2.52. The van der Waals surface area contributed by atoms with Gasteiger partial charge >= 0.3 is 0 Å². The molecule has 2 aromatic heterocycles. The third-order valence-corrected chi connectivity index (χ3v) is 16.6. The first kappa shape index (κ1) is 36.4. The average molecular weight is 753 g/mol. The Morgan fingerprint density at radius 2 is 1.33 bits per heavy atom. The molecule has 0 amide bonds. The smallest absolute Gasteiger partial charge is 0.253 e. The van der Waals surface area contributed by atoms with Crippen LogP contribution in [0.25, 0.3) is 0 Å². The molecule has 2 aromatic rings. The molecular formula is C22H32N4O13S6. The minimum atomic E-state index is -4.05. The van der Waals surface area contributed by atoms with Crippen LogP contribution < -0.4 is 10.3 Å². The fourth-order valence-electron chi connectivity index (χ4n) is 4.67. The van der Waals surface area contributed by atoms with Crippen molar-refractivity contribution in [3.05, 3.63) is 23.3 Å². The number of ketones is 1. The van der Waals surface area contributed by atoms with E-state index in [2.05, 4.69) is 0 Å². The van der Waals surface area contributed by atoms with Gasteiger partial charge in [0.15, 0.2) is 5.78 Å². The topological polar surface area (TPSA) is 249 Å². The number of Topliss-reactive ketones (excluding diaryl/α,β-unsaturated/α-hetero) is 1. The highest BCUT2D eigenvalue weighted by molar-refractivity contribution is 7.94. The fraction of sp³-hybridized carbons (Fsp3) is 0.591. The molecule has 4 N–H and O–H groups in total. The van der Waals surface area contributed by atoms with Crippen molar-refractivity contribution in [2.24, 2.45) is 10.3 Å². The predicted octanol–water partition coefficient (Wildman–Crippen LogP) is -0.745. The van der Waals surface area contributed by atoms with Gasteiger partial charge in [-0.2, -0.15) is 8.61 Å². The number of primary sulfonamides is 2. The summed E-state index contributed by atoms with van der Waals surface area (Å²) in [6, 6.07) is 2.27. The fourth-order valence-corrected chi connectivity index (χ4v) is 13.1. The zero-order valence-electron chi connectivity index (χ0n) is 24.0. The van der Waals surface area contributed by atoms with Crippen LogP contribution in [0.4, 0.5) is 0 Å². The largest absolute Gasteiger partial charge is 0.385 e. The lowest BCUT2D eigenvalue weighted by molar-refractivity contribution is -0.175. The van der Waals surface area contributed by atoms with Crippen LogP contribution in [0.3, 0.4) is 0 Å². The maximum absolute atomic E-state index is 12.8. The standard InChI is InChI=1S/C12H18N2O7S3.C10H14N2O6S3/c1-19-4-2-3-14-8-12(20-5-6-21-12)9-7-10(23(13,15)16)22-11(9)24(14,17)18;1-18-4-2-3-12-6-8(13)7-5-9(20(11,14)15)19-10(7)21(12,16)17/h7H,2-6,8H2,1H3,(H2,13,15,16);5H,2-4,6H2,1H3,(H2,11,14,15). The Kier molecular flexibility index (Phi) is 11.0. The molecule has 1 saturated heterocycles. The molecule has 0 saturated carbocycles. The highest BCUT2D eigenvalue weighted by Crippen LogP contribution is 2.46. The number of nitrogens with zero attached hydrogens (tertiary/aromatic N) is 2. The van der Waals surface area contributed by atoms with Crippen molar-refractivity contribution in [2.75, 3.05) is 66.8 Å². The summed E-state index contributed by atoms with van der Waals surface area (Å²) in [6.45, 7) is 1.36. The van der Waals surface area contributed by atoms with E-state index in [0.717, 1.165) is 10.4 Å². The molecule has 3 aliphatic rings. The normalized spacial score (nSPS) is 20.8. The van der Waals surface area contributed by atoms with Crippen LogP contribution in [-0.4, -0.2) is 115 Å². The number of thiophene rings is 2. The van der Waals surface area contributed by atoms with Crippen LogP contribution >= 0.6 is 22.7 Å². The number of hydrogen-bond acceptors (Lipinski definition) is 15. The summed E-state index contributed by atoms with van der Waals surface area (Å²) in [5.41, 5.74) is 0.101. The van der Waals surface area contributed by atoms with E-state index in [0.29, 0.717) is 61.9 Å². The lowest BCUT2D eigenvalue weighted by Gasteiger charge is -2.37. The van der Waals surface area contributed by atoms with Gasteiger partial charge in [0.2, 0.25) is 25.8 Å². The molecular weight excluding hydrogens is 721 g/mol. The molecule has 1 fully saturated rings. The van der Waals surface area contributed by atoms with Crippen LogP contribution in [0, 0.1) is 0 Å². The van der Waals surface area contributed by atoms with Gasteiger partial charge in [-0.1, -0.05) is 0 Å². The number of carbonyl (C=O) groups is 1. The number of hydrogen-bond donors (Lipinski definition) is 2. The van der Waals surface area contributed by atoms with E-state index in [1.807, 2.05) is 0 Å². The van der Waals surface area contributed by atoms with Gasteiger partial charge in [-0.15, -0.1) is 22.7 Å². The van der Waals surface area contributed by atoms with Gasteiger partial charge in [-0.05, 0) is 25.0 Å². The minimum absolute atomic E-state index is 0.0349. The van der Waals surface area contributed by atoms with E-state index in [4.69, 9.17) is 29.2 Å². The summed E-state index contributed by atoms with van der Waals surface area (Å²) < 4.78 is 119. The van der Waals surface area contributed by atoms with Gasteiger partial charge in [0.1, 0.15) is 16.8 Å². The summed E-state index contributed by atoms with van der Waals surface area (Å²) in [5, 5.41) is 10.1. The SMILES string of the molecule is COCCCN1CC(=O)c2cc(S(N)(=O)=O)sc2S1(=O)=O.COCCCN1CC2(OCCO2)c2cc(S(N)(=O)=O)sc2S1(=O)=O. The Labute approximate surface area is 269 Å². The molecule has 254 valence electrons. The lowest BCUT2D eigenvalue weighted by atomic mass is 10.1. The van der Waals surface area contributed by atoms with Crippen LogP contribution in [-0.2, 0) is 64.8 Å². The van der Waals surface area contributed by atoms with Gasteiger partial charge in [0, 0.05) is 46.1 Å². The molecule has 0 unspecified atom stereocenters. The zero-order valence-corrected chi connectivity index (χ0v) is 28.9. The van der Waals surface area contributed by atoms with Crippen molar-refractivity contribution in [1.29, 1.82) is 0 Å². The van der Waals surface area contributed by atoms with Gasteiger partial charge in [-0.3, -0.25) is 4.79 Å². The summed E-state index contributed by atoms with van der Waals surface area (Å²) >= 11 is 1.12. The Morgan fingerprint density at radius 3 is 1.87 bits per heavy atom. The lowest BCUT2D eigenvalue weighted by Crippen LogP contribution is -2.49. The van der Waals surface area contributed by atoms with Gasteiger partial charge in [0.05, 0.1) is 31.9 Å². The van der Waals surface area contributed by atoms with E-state index in [1.165, 1.54) is 24.6 Å². The van der Waals surface area contributed by atoms with Crippen molar-refractivity contribution in [2.45, 2.75) is 35.5 Å². The van der Waals surface area contributed by atoms with E-state index in [1.54, 1.807) is 0 Å². The summed E-state index contributed by atoms with van der Waals surface area (Å²) in [4.78, 5) is 12.0. The summed E-state index contributed by atoms with van der Waals surface area (Å²) in [6.07, 6.45) is 0.931. The quantitative estimate of drug-likeness (QED) is 0.284. The number of ether oxygens (including phenoxy) is 4. The molecule has 5 rings (SSSR count). The van der Waals surface area contributed by atoms with E-state index in [9.17, 15) is 38.5 Å². The van der Waals surface area contributed by atoms with Crippen molar-refractivity contribution in [3.8, 4) is 0 Å². The third kappa shape index (κ3) is 7.51. The Hall–Kier alpha value is -1.45. The average Bonchev–Trinajstić information content (AvgIpc) is 3.70.